The van der Waals surface area contributed by atoms with E-state index in [4.69, 9.17) is 4.74 Å². The first-order valence-electron chi connectivity index (χ1n) is 10.3. The van der Waals surface area contributed by atoms with Crippen molar-refractivity contribution in [1.82, 2.24) is 10.1 Å². The van der Waals surface area contributed by atoms with Crippen LogP contribution < -0.4 is 19.8 Å². The van der Waals surface area contributed by atoms with Crippen molar-refractivity contribution in [3.05, 3.63) is 47.5 Å². The van der Waals surface area contributed by atoms with E-state index in [1.807, 2.05) is 30.3 Å². The Morgan fingerprint density at radius 3 is 2.52 bits per heavy atom. The molecule has 0 spiro atoms. The quantitative estimate of drug-likeness (QED) is 0.495. The molecule has 0 bridgehead atoms. The van der Waals surface area contributed by atoms with Crippen LogP contribution in [0, 0.1) is 0 Å². The van der Waals surface area contributed by atoms with E-state index in [1.165, 1.54) is 6.21 Å². The second-order valence-corrected chi connectivity index (χ2v) is 10.6. The van der Waals surface area contributed by atoms with E-state index in [9.17, 15) is 18.0 Å². The van der Waals surface area contributed by atoms with Crippen LogP contribution in [0.2, 0.25) is 0 Å². The molecule has 0 radical (unpaired) electrons. The van der Waals surface area contributed by atoms with Gasteiger partial charge in [0.25, 0.3) is 0 Å². The largest absolute Gasteiger partial charge is 0.496 e. The minimum absolute atomic E-state index is 0.219. The molecule has 0 aliphatic carbocycles. The molecule has 10 heteroatoms. The Labute approximate surface area is 193 Å². The average Bonchev–Trinajstić information content (AvgIpc) is 2.71. The fourth-order valence-electron chi connectivity index (χ4n) is 3.55. The van der Waals surface area contributed by atoms with Crippen LogP contribution in [-0.4, -0.2) is 46.5 Å². The van der Waals surface area contributed by atoms with Crippen molar-refractivity contribution >= 4 is 33.9 Å². The fourth-order valence-corrected chi connectivity index (χ4v) is 3.80. The molecule has 33 heavy (non-hydrogen) atoms. The summed E-state index contributed by atoms with van der Waals surface area (Å²) in [5, 5.41) is 6.13. The Morgan fingerprint density at radius 2 is 1.91 bits per heavy atom. The molecule has 0 atom stereocenters. The molecule has 2 N–H and O–H groups in total. The third kappa shape index (κ3) is 5.89. The summed E-state index contributed by atoms with van der Waals surface area (Å²) in [4.78, 5) is 27.8. The Morgan fingerprint density at radius 1 is 1.18 bits per heavy atom. The van der Waals surface area contributed by atoms with E-state index < -0.39 is 16.1 Å². The van der Waals surface area contributed by atoms with E-state index in [2.05, 4.69) is 36.0 Å². The molecule has 1 heterocycles. The second kappa shape index (κ2) is 9.22. The number of hydrogen-bond donors (Lipinski definition) is 2. The highest BCUT2D eigenvalue weighted by Gasteiger charge is 2.29. The minimum Gasteiger partial charge on any atom is -0.496 e. The Balaban J connectivity index is 2.13. The monoisotopic (exact) mass is 472 g/mol. The molecule has 1 aliphatic rings. The average molecular weight is 473 g/mol. The highest BCUT2D eigenvalue weighted by molar-refractivity contribution is 7.88. The van der Waals surface area contributed by atoms with Crippen LogP contribution in [0.1, 0.15) is 38.3 Å². The number of amides is 3. The summed E-state index contributed by atoms with van der Waals surface area (Å²) in [5.74, 6) is 0.374. The van der Waals surface area contributed by atoms with Crippen LogP contribution in [0.3, 0.4) is 0 Å². The van der Waals surface area contributed by atoms with Crippen molar-refractivity contribution in [1.29, 1.82) is 0 Å². The lowest BCUT2D eigenvalue weighted by Crippen LogP contribution is -2.49. The number of ether oxygens (including phenoxy) is 1. The van der Waals surface area contributed by atoms with Gasteiger partial charge in [-0.2, -0.15) is 5.10 Å². The lowest BCUT2D eigenvalue weighted by Gasteiger charge is -2.31. The van der Waals surface area contributed by atoms with Crippen molar-refractivity contribution < 1.29 is 22.7 Å². The van der Waals surface area contributed by atoms with E-state index >= 15 is 0 Å². The molecule has 176 valence electrons. The van der Waals surface area contributed by atoms with Crippen molar-refractivity contribution in [2.75, 3.05) is 24.8 Å². The normalized spacial score (nSPS) is 15.0. The van der Waals surface area contributed by atoms with Crippen LogP contribution in [-0.2, 0) is 20.2 Å². The number of nitrogens with zero attached hydrogens (tertiary/aromatic N) is 2. The summed E-state index contributed by atoms with van der Waals surface area (Å²) in [6.45, 7) is 6.44. The maximum absolute atomic E-state index is 12.5. The molecule has 3 rings (SSSR count). The zero-order valence-corrected chi connectivity index (χ0v) is 20.1. The van der Waals surface area contributed by atoms with Gasteiger partial charge in [0.15, 0.2) is 0 Å². The van der Waals surface area contributed by atoms with Crippen LogP contribution in [0.15, 0.2) is 41.5 Å². The van der Waals surface area contributed by atoms with Crippen LogP contribution in [0.5, 0.6) is 5.75 Å². The van der Waals surface area contributed by atoms with Gasteiger partial charge in [-0.15, -0.1) is 0 Å². The molecule has 3 amide bonds. The van der Waals surface area contributed by atoms with Crippen molar-refractivity contribution in [3.63, 3.8) is 0 Å². The molecule has 0 aromatic heterocycles. The highest BCUT2D eigenvalue weighted by Crippen LogP contribution is 2.42. The van der Waals surface area contributed by atoms with Gasteiger partial charge < -0.3 is 4.74 Å². The third-order valence-electron chi connectivity index (χ3n) is 5.08. The topological polar surface area (TPSA) is 117 Å². The predicted molar refractivity (Wildman–Crippen MR) is 128 cm³/mol. The summed E-state index contributed by atoms with van der Waals surface area (Å²) < 4.78 is 28.3. The van der Waals surface area contributed by atoms with Gasteiger partial charge in [0, 0.05) is 29.8 Å². The third-order valence-corrected chi connectivity index (χ3v) is 5.52. The highest BCUT2D eigenvalue weighted by atomic mass is 32.2. The number of nitrogens with one attached hydrogen (secondary N) is 2. The minimum atomic E-state index is -3.45. The Bertz CT molecular complexity index is 1220. The molecule has 1 aliphatic heterocycles. The predicted octanol–water partition coefficient (Wildman–Crippen LogP) is 2.99. The lowest BCUT2D eigenvalue weighted by molar-refractivity contribution is -0.120. The number of imide groups is 1. The Kier molecular flexibility index (Phi) is 6.78. The summed E-state index contributed by atoms with van der Waals surface area (Å²) in [6.07, 6.45) is 2.65. The number of rotatable bonds is 6. The van der Waals surface area contributed by atoms with Gasteiger partial charge in [0.1, 0.15) is 5.75 Å². The zero-order chi connectivity index (χ0) is 24.4. The van der Waals surface area contributed by atoms with Gasteiger partial charge >= 0.3 is 6.03 Å². The molecular formula is C23H28N4O5S. The van der Waals surface area contributed by atoms with Gasteiger partial charge in [0.2, 0.25) is 15.9 Å². The summed E-state index contributed by atoms with van der Waals surface area (Å²) in [5.41, 5.74) is 3.50. The first-order valence-corrected chi connectivity index (χ1v) is 12.2. The van der Waals surface area contributed by atoms with E-state index in [0.717, 1.165) is 22.9 Å². The molecule has 9 nitrogen and oxygen atoms in total. The summed E-state index contributed by atoms with van der Waals surface area (Å²) in [6, 6.07) is 10.7. The number of sulfonamides is 1. The number of urea groups is 1. The van der Waals surface area contributed by atoms with Crippen molar-refractivity contribution in [2.24, 2.45) is 5.10 Å². The molecule has 2 aromatic carbocycles. The number of hydrazone groups is 1. The van der Waals surface area contributed by atoms with Crippen LogP contribution in [0.25, 0.3) is 11.1 Å². The molecule has 0 saturated carbocycles. The number of carbonyl (C=O) groups excluding carboxylic acids is 2. The van der Waals surface area contributed by atoms with E-state index in [1.54, 1.807) is 18.1 Å². The smallest absolute Gasteiger partial charge is 0.328 e. The van der Waals surface area contributed by atoms with Crippen molar-refractivity contribution in [2.45, 2.75) is 32.6 Å². The lowest BCUT2D eigenvalue weighted by atomic mass is 9.83. The van der Waals surface area contributed by atoms with Gasteiger partial charge in [0.05, 0.1) is 19.6 Å². The first-order chi connectivity index (χ1) is 15.4. The zero-order valence-electron chi connectivity index (χ0n) is 19.3. The molecular weight excluding hydrogens is 444 g/mol. The van der Waals surface area contributed by atoms with Gasteiger partial charge in [-0.1, -0.05) is 39.0 Å². The number of benzene rings is 2. The fraction of sp³-hybridized carbons (Fsp3) is 0.348. The van der Waals surface area contributed by atoms with E-state index in [-0.39, 0.29) is 24.3 Å². The second-order valence-electron chi connectivity index (χ2n) is 8.83. The summed E-state index contributed by atoms with van der Waals surface area (Å²) in [7, 11) is -1.85. The van der Waals surface area contributed by atoms with Gasteiger partial charge in [-0.3, -0.25) is 15.0 Å². The summed E-state index contributed by atoms with van der Waals surface area (Å²) >= 11 is 0. The number of anilines is 1. The number of hydrogen-bond acceptors (Lipinski definition) is 6. The number of carbonyl (C=O) groups is 2. The van der Waals surface area contributed by atoms with Gasteiger partial charge in [-0.05, 0) is 34.7 Å². The molecule has 1 fully saturated rings. The van der Waals surface area contributed by atoms with Crippen LogP contribution in [0.4, 0.5) is 10.5 Å². The van der Waals surface area contributed by atoms with Crippen molar-refractivity contribution in [3.8, 4) is 16.9 Å². The molecule has 1 saturated heterocycles. The Hall–Kier alpha value is -3.40. The molecule has 0 unspecified atom stereocenters. The van der Waals surface area contributed by atoms with Gasteiger partial charge in [-0.25, -0.2) is 18.0 Å². The van der Waals surface area contributed by atoms with Crippen LogP contribution >= 0.6 is 0 Å². The number of methoxy groups -OCH3 is 1. The maximum Gasteiger partial charge on any atom is 0.328 e. The maximum atomic E-state index is 12.5. The van der Waals surface area contributed by atoms with E-state index in [0.29, 0.717) is 17.0 Å². The first kappa shape index (κ1) is 24.2. The molecule has 2 aromatic rings. The SMILES string of the molecule is COc1c(-c2cccc(C=NNS(C)(=O)=O)c2)cc(N2CCC(=O)NC2=O)cc1C(C)(C)C. The standard InChI is InChI=1S/C23H28N4O5S/c1-23(2,3)19-13-17(27-10-9-20(28)25-22(27)29)12-18(21(19)32-4)16-8-6-7-15(11-16)14-24-26-33(5,30)31/h6-8,11-14,26H,9-10H2,1-5H3,(H,25,28,29).